The van der Waals surface area contributed by atoms with Crippen molar-refractivity contribution in [2.24, 2.45) is 0 Å². The Morgan fingerprint density at radius 2 is 2.21 bits per heavy atom. The van der Waals surface area contributed by atoms with Gasteiger partial charge in [-0.1, -0.05) is 12.7 Å². The highest BCUT2D eigenvalue weighted by Crippen LogP contribution is 2.17. The Labute approximate surface area is 85.2 Å². The highest BCUT2D eigenvalue weighted by atomic mass is 16.5. The molecule has 0 aromatic rings. The van der Waals surface area contributed by atoms with Crippen molar-refractivity contribution in [3.8, 4) is 0 Å². The van der Waals surface area contributed by atoms with Gasteiger partial charge in [-0.05, 0) is 27.4 Å². The van der Waals surface area contributed by atoms with Crippen LogP contribution in [-0.4, -0.2) is 48.8 Å². The molecule has 0 spiro atoms. The predicted octanol–water partition coefficient (Wildman–Crippen LogP) is 0.418. The minimum absolute atomic E-state index is 0.0438. The zero-order valence-electron chi connectivity index (χ0n) is 9.12. The standard InChI is InChI=1S/C10H19NO3/c1-5-8-14-9(13)10(2,6-7-12)11(3)4/h5,12H,1,6-8H2,2-4H3. The molecule has 0 aliphatic rings. The number of carbonyl (C=O) groups excluding carboxylic acids is 1. The fraction of sp³-hybridized carbons (Fsp3) is 0.700. The molecule has 14 heavy (non-hydrogen) atoms. The molecule has 1 N–H and O–H groups in total. The number of aliphatic hydroxyl groups is 1. The first kappa shape index (κ1) is 13.1. The number of rotatable bonds is 6. The number of carbonyl (C=O) groups is 1. The van der Waals surface area contributed by atoms with Crippen LogP contribution in [0, 0.1) is 0 Å². The second kappa shape index (κ2) is 5.78. The smallest absolute Gasteiger partial charge is 0.326 e. The number of aliphatic hydroxyl groups excluding tert-OH is 1. The topological polar surface area (TPSA) is 49.8 Å². The van der Waals surface area contributed by atoms with Crippen molar-refractivity contribution >= 4 is 5.97 Å². The van der Waals surface area contributed by atoms with E-state index in [0.29, 0.717) is 6.42 Å². The molecule has 82 valence electrons. The minimum Gasteiger partial charge on any atom is -0.460 e. The number of nitrogens with zero attached hydrogens (tertiary/aromatic N) is 1. The van der Waals surface area contributed by atoms with Crippen LogP contribution in [0.1, 0.15) is 13.3 Å². The van der Waals surface area contributed by atoms with Crippen molar-refractivity contribution in [3.05, 3.63) is 12.7 Å². The van der Waals surface area contributed by atoms with Gasteiger partial charge in [-0.15, -0.1) is 0 Å². The summed E-state index contributed by atoms with van der Waals surface area (Å²) in [4.78, 5) is 13.4. The molecule has 4 nitrogen and oxygen atoms in total. The molecule has 0 aliphatic carbocycles. The van der Waals surface area contributed by atoms with Gasteiger partial charge in [0.25, 0.3) is 0 Å². The van der Waals surface area contributed by atoms with Gasteiger partial charge >= 0.3 is 5.97 Å². The molecule has 0 radical (unpaired) electrons. The normalized spacial score (nSPS) is 14.9. The Kier molecular flexibility index (Phi) is 5.42. The third kappa shape index (κ3) is 3.12. The van der Waals surface area contributed by atoms with Gasteiger partial charge in [-0.3, -0.25) is 9.69 Å². The number of esters is 1. The quantitative estimate of drug-likeness (QED) is 0.500. The van der Waals surface area contributed by atoms with Crippen LogP contribution in [0.3, 0.4) is 0 Å². The monoisotopic (exact) mass is 201 g/mol. The molecule has 0 heterocycles. The van der Waals surface area contributed by atoms with Gasteiger partial charge in [0.05, 0.1) is 0 Å². The van der Waals surface area contributed by atoms with Crippen molar-refractivity contribution in [1.82, 2.24) is 4.90 Å². The summed E-state index contributed by atoms with van der Waals surface area (Å²) < 4.78 is 4.96. The fourth-order valence-corrected chi connectivity index (χ4v) is 1.02. The third-order valence-electron chi connectivity index (χ3n) is 2.36. The Morgan fingerprint density at radius 1 is 1.64 bits per heavy atom. The molecule has 1 unspecified atom stereocenters. The van der Waals surface area contributed by atoms with Crippen LogP contribution < -0.4 is 0 Å². The maximum atomic E-state index is 11.6. The molecular formula is C10H19NO3. The molecule has 0 aromatic carbocycles. The zero-order chi connectivity index (χ0) is 11.2. The van der Waals surface area contributed by atoms with E-state index < -0.39 is 5.54 Å². The second-order valence-electron chi connectivity index (χ2n) is 3.53. The lowest BCUT2D eigenvalue weighted by atomic mass is 9.97. The van der Waals surface area contributed by atoms with Gasteiger partial charge < -0.3 is 9.84 Å². The lowest BCUT2D eigenvalue weighted by Gasteiger charge is -2.33. The SMILES string of the molecule is C=CCOC(=O)C(C)(CCO)N(C)C. The summed E-state index contributed by atoms with van der Waals surface area (Å²) >= 11 is 0. The van der Waals surface area contributed by atoms with E-state index in [1.54, 1.807) is 25.9 Å². The molecule has 0 bridgehead atoms. The molecule has 0 aromatic heterocycles. The third-order valence-corrected chi connectivity index (χ3v) is 2.36. The van der Waals surface area contributed by atoms with E-state index >= 15 is 0 Å². The Morgan fingerprint density at radius 3 is 2.57 bits per heavy atom. The van der Waals surface area contributed by atoms with Crippen LogP contribution in [0.4, 0.5) is 0 Å². The van der Waals surface area contributed by atoms with Gasteiger partial charge in [-0.25, -0.2) is 0 Å². The first-order valence-electron chi connectivity index (χ1n) is 4.55. The Balaban J connectivity index is 4.47. The van der Waals surface area contributed by atoms with Gasteiger partial charge in [0.2, 0.25) is 0 Å². The number of likely N-dealkylation sites (N-methyl/N-ethyl adjacent to an activating group) is 1. The maximum Gasteiger partial charge on any atom is 0.326 e. The molecule has 0 amide bonds. The van der Waals surface area contributed by atoms with Gasteiger partial charge in [0.15, 0.2) is 0 Å². The first-order chi connectivity index (χ1) is 6.49. The van der Waals surface area contributed by atoms with E-state index in [2.05, 4.69) is 6.58 Å². The molecule has 4 heteroatoms. The van der Waals surface area contributed by atoms with Crippen molar-refractivity contribution < 1.29 is 14.6 Å². The van der Waals surface area contributed by atoms with E-state index in [0.717, 1.165) is 0 Å². The Bertz CT molecular complexity index is 204. The zero-order valence-corrected chi connectivity index (χ0v) is 9.12. The van der Waals surface area contributed by atoms with Crippen molar-refractivity contribution in [2.75, 3.05) is 27.3 Å². The second-order valence-corrected chi connectivity index (χ2v) is 3.53. The van der Waals surface area contributed by atoms with Crippen LogP contribution in [0.25, 0.3) is 0 Å². The predicted molar refractivity (Wildman–Crippen MR) is 55.0 cm³/mol. The average Bonchev–Trinajstić information content (AvgIpc) is 2.14. The van der Waals surface area contributed by atoms with Gasteiger partial charge in [0.1, 0.15) is 12.1 Å². The summed E-state index contributed by atoms with van der Waals surface area (Å²) in [5.41, 5.74) is -0.766. The Hall–Kier alpha value is -0.870. The highest BCUT2D eigenvalue weighted by Gasteiger charge is 2.36. The molecular weight excluding hydrogens is 182 g/mol. The summed E-state index contributed by atoms with van der Waals surface area (Å²) in [5.74, 6) is -0.337. The molecule has 0 aliphatic heterocycles. The number of hydrogen-bond donors (Lipinski definition) is 1. The number of hydrogen-bond acceptors (Lipinski definition) is 4. The van der Waals surface area contributed by atoms with Crippen LogP contribution in [0.5, 0.6) is 0 Å². The number of ether oxygens (including phenoxy) is 1. The first-order valence-corrected chi connectivity index (χ1v) is 4.55. The summed E-state index contributed by atoms with van der Waals surface area (Å²) in [5, 5.41) is 8.87. The summed E-state index contributed by atoms with van der Waals surface area (Å²) in [6.45, 7) is 5.37. The molecule has 0 saturated carbocycles. The lowest BCUT2D eigenvalue weighted by molar-refractivity contribution is -0.155. The summed E-state index contributed by atoms with van der Waals surface area (Å²) in [6, 6.07) is 0. The van der Waals surface area contributed by atoms with E-state index in [1.165, 1.54) is 6.08 Å². The van der Waals surface area contributed by atoms with Crippen LogP contribution in [0.2, 0.25) is 0 Å². The maximum absolute atomic E-state index is 11.6. The van der Waals surface area contributed by atoms with Crippen molar-refractivity contribution in [2.45, 2.75) is 18.9 Å². The molecule has 0 rings (SSSR count). The summed E-state index contributed by atoms with van der Waals surface area (Å²) in [6.07, 6.45) is 1.88. The lowest BCUT2D eigenvalue weighted by Crippen LogP contribution is -2.50. The van der Waals surface area contributed by atoms with E-state index in [1.807, 2.05) is 0 Å². The van der Waals surface area contributed by atoms with Crippen LogP contribution in [0.15, 0.2) is 12.7 Å². The molecule has 1 atom stereocenters. The van der Waals surface area contributed by atoms with Gasteiger partial charge in [-0.2, -0.15) is 0 Å². The largest absolute Gasteiger partial charge is 0.460 e. The minimum atomic E-state index is -0.766. The van der Waals surface area contributed by atoms with Crippen molar-refractivity contribution in [1.29, 1.82) is 0 Å². The van der Waals surface area contributed by atoms with Crippen LogP contribution >= 0.6 is 0 Å². The van der Waals surface area contributed by atoms with E-state index in [4.69, 9.17) is 9.84 Å². The average molecular weight is 201 g/mol. The molecule has 0 fully saturated rings. The van der Waals surface area contributed by atoms with Crippen LogP contribution in [-0.2, 0) is 9.53 Å². The fourth-order valence-electron chi connectivity index (χ4n) is 1.02. The van der Waals surface area contributed by atoms with E-state index in [-0.39, 0.29) is 19.2 Å². The van der Waals surface area contributed by atoms with E-state index in [9.17, 15) is 4.79 Å². The molecule has 0 saturated heterocycles. The highest BCUT2D eigenvalue weighted by molar-refractivity contribution is 5.80. The summed E-state index contributed by atoms with van der Waals surface area (Å²) in [7, 11) is 3.57. The van der Waals surface area contributed by atoms with Gasteiger partial charge in [0, 0.05) is 6.61 Å². The van der Waals surface area contributed by atoms with Crippen molar-refractivity contribution in [3.63, 3.8) is 0 Å².